The van der Waals surface area contributed by atoms with E-state index in [9.17, 15) is 0 Å². The van der Waals surface area contributed by atoms with E-state index < -0.39 is 25.5 Å². The molecular weight excluding hydrogens is 663 g/mol. The van der Waals surface area contributed by atoms with E-state index in [1.165, 1.54) is 38.9 Å². The fourth-order valence-corrected chi connectivity index (χ4v) is 36.4. The van der Waals surface area contributed by atoms with E-state index in [4.69, 9.17) is 0 Å². The van der Waals surface area contributed by atoms with Crippen LogP contribution >= 0.6 is 24.8 Å². The Hall–Kier alpha value is -1.74. The normalized spacial score (nSPS) is 17.8. The zero-order valence-electron chi connectivity index (χ0n) is 26.0. The van der Waals surface area contributed by atoms with E-state index in [0.717, 1.165) is 0 Å². The Morgan fingerprint density at radius 2 is 1.17 bits per heavy atom. The van der Waals surface area contributed by atoms with Gasteiger partial charge in [0.1, 0.15) is 0 Å². The third kappa shape index (κ3) is 5.39. The van der Waals surface area contributed by atoms with Crippen molar-refractivity contribution in [1.82, 2.24) is 0 Å². The number of allylic oxidation sites excluding steroid dienone is 2. The minimum Gasteiger partial charge on any atom is -0.147 e. The fraction of sp³-hybridized carbons (Fsp3) is 0.243. The zero-order valence-corrected chi connectivity index (χ0v) is 32.5. The summed E-state index contributed by atoms with van der Waals surface area (Å²) in [6.07, 6.45) is 5.21. The second-order valence-electron chi connectivity index (χ2n) is 14.3. The van der Waals surface area contributed by atoms with Gasteiger partial charge in [-0.3, -0.25) is 0 Å². The molecule has 0 spiro atoms. The Bertz CT molecular complexity index is 1770. The summed E-state index contributed by atoms with van der Waals surface area (Å²) in [4.78, 5) is 0. The van der Waals surface area contributed by atoms with E-state index >= 15 is 0 Å². The number of halogens is 2. The number of rotatable bonds is 5. The van der Waals surface area contributed by atoms with Gasteiger partial charge in [0.25, 0.3) is 0 Å². The first-order valence-electron chi connectivity index (χ1n) is 14.7. The average Bonchev–Trinajstić information content (AvgIpc) is 3.50. The van der Waals surface area contributed by atoms with Crippen LogP contribution in [-0.2, 0) is 17.4 Å². The molecule has 4 aromatic rings. The Morgan fingerprint density at radius 1 is 0.619 bits per heavy atom. The van der Waals surface area contributed by atoms with E-state index in [1.807, 2.05) is 0 Å². The second-order valence-corrected chi connectivity index (χ2v) is 49.9. The number of benzene rings is 4. The van der Waals surface area contributed by atoms with E-state index in [0.29, 0.717) is 7.25 Å². The zero-order chi connectivity index (χ0) is 28.5. The monoisotopic (exact) mass is 704 g/mol. The van der Waals surface area contributed by atoms with Crippen LogP contribution in [0.1, 0.15) is 42.0 Å². The van der Waals surface area contributed by atoms with E-state index in [1.54, 1.807) is 21.9 Å². The molecule has 0 aliphatic heterocycles. The first kappa shape index (κ1) is 33.2. The topological polar surface area (TPSA) is 0 Å². The third-order valence-corrected chi connectivity index (χ3v) is 30.0. The number of fused-ring (bicyclic) bond motifs is 2. The third-order valence-electron chi connectivity index (χ3n) is 9.61. The van der Waals surface area contributed by atoms with Crippen LogP contribution in [0, 0.1) is 6.92 Å². The summed E-state index contributed by atoms with van der Waals surface area (Å²) in [6.45, 7) is 15.0. The number of hydrogen-bond acceptors (Lipinski definition) is 0. The van der Waals surface area contributed by atoms with Crippen molar-refractivity contribution in [2.75, 3.05) is 0 Å². The van der Waals surface area contributed by atoms with Gasteiger partial charge in [-0.1, -0.05) is 0 Å². The van der Waals surface area contributed by atoms with Crippen molar-refractivity contribution in [3.05, 3.63) is 130 Å². The molecule has 0 radical (unpaired) electrons. The van der Waals surface area contributed by atoms with Gasteiger partial charge >= 0.3 is 246 Å². The van der Waals surface area contributed by atoms with Crippen molar-refractivity contribution in [2.45, 2.75) is 50.0 Å². The molecule has 2 aliphatic carbocycles. The fourth-order valence-electron chi connectivity index (χ4n) is 8.02. The van der Waals surface area contributed by atoms with Crippen LogP contribution in [0.2, 0.25) is 28.9 Å². The molecule has 218 valence electrons. The molecule has 0 saturated heterocycles. The standard InChI is InChI=1S/C18H19Si.C17H15.2CH3.2ClH.H2Si.Zr/c1-19(2,3)16-12-15-10-7-11-17(18(15)13-16)14-8-5-4-6-9-14;1-12-10-16-13(2)8-9-15(17(16)11-12)14-6-4-3-5-7-14;;;;;;/h4-13H,1-3H3;3-11H,1-2H3;2*1H3;2*1H;1H2;. The summed E-state index contributed by atoms with van der Waals surface area (Å²) in [7, 11) is -1.61. The molecule has 0 N–H and O–H groups in total. The van der Waals surface area contributed by atoms with Gasteiger partial charge in [-0.05, 0) is 0 Å². The van der Waals surface area contributed by atoms with Gasteiger partial charge < -0.3 is 0 Å². The summed E-state index contributed by atoms with van der Waals surface area (Å²) < 4.78 is 6.67. The molecule has 4 aromatic carbocycles. The Kier molecular flexibility index (Phi) is 9.19. The van der Waals surface area contributed by atoms with Gasteiger partial charge in [0, 0.05) is 0 Å². The van der Waals surface area contributed by atoms with E-state index in [-0.39, 0.29) is 24.8 Å². The molecule has 2 unspecified atom stereocenters. The molecule has 0 saturated carbocycles. The van der Waals surface area contributed by atoms with Crippen molar-refractivity contribution in [2.24, 2.45) is 0 Å². The summed E-state index contributed by atoms with van der Waals surface area (Å²) in [5.74, 6) is 0. The van der Waals surface area contributed by atoms with Crippen LogP contribution in [0.25, 0.3) is 34.4 Å². The SMILES string of the molecule is CC1=Cc2c(-c3ccccc3)ccc(C)c2[CH]1[Zr]([CH3])([CH3])(=[SiH2])[CH]1C([Si](C)(C)C)=Cc2c(-c3ccccc3)cccc21.Cl.Cl. The van der Waals surface area contributed by atoms with Crippen LogP contribution < -0.4 is 0 Å². The molecule has 0 aromatic heterocycles. The molecule has 0 nitrogen and oxygen atoms in total. The molecular formula is C37H44Cl2Si2Zr. The van der Waals surface area contributed by atoms with Crippen molar-refractivity contribution >= 4 is 51.9 Å². The minimum atomic E-state index is -3.65. The molecule has 42 heavy (non-hydrogen) atoms. The molecule has 2 aliphatic rings. The van der Waals surface area contributed by atoms with Crippen LogP contribution in [-0.4, -0.2) is 15.0 Å². The van der Waals surface area contributed by atoms with Gasteiger partial charge in [0.2, 0.25) is 0 Å². The maximum absolute atomic E-state index is 3.65. The summed E-state index contributed by atoms with van der Waals surface area (Å²) in [5, 5.41) is 1.77. The van der Waals surface area contributed by atoms with Gasteiger partial charge in [0.15, 0.2) is 0 Å². The molecule has 5 heteroatoms. The van der Waals surface area contributed by atoms with Gasteiger partial charge in [0.05, 0.1) is 0 Å². The average molecular weight is 707 g/mol. The Morgan fingerprint density at radius 3 is 1.71 bits per heavy atom. The predicted molar refractivity (Wildman–Crippen MR) is 194 cm³/mol. The predicted octanol–water partition coefficient (Wildman–Crippen LogP) is 11.0. The number of hydrogen-bond donors (Lipinski definition) is 0. The van der Waals surface area contributed by atoms with Crippen molar-refractivity contribution in [1.29, 1.82) is 0 Å². The van der Waals surface area contributed by atoms with Gasteiger partial charge in [-0.25, -0.2) is 0 Å². The summed E-state index contributed by atoms with van der Waals surface area (Å²) in [5.41, 5.74) is 14.6. The molecule has 2 atom stereocenters. The van der Waals surface area contributed by atoms with Crippen LogP contribution in [0.4, 0.5) is 0 Å². The number of aryl methyl sites for hydroxylation is 1. The van der Waals surface area contributed by atoms with Crippen LogP contribution in [0.5, 0.6) is 0 Å². The largest absolute Gasteiger partial charge is 0.147 e. The smallest absolute Gasteiger partial charge is 0.147 e. The van der Waals surface area contributed by atoms with Crippen molar-refractivity contribution < 1.29 is 17.4 Å². The van der Waals surface area contributed by atoms with Crippen molar-refractivity contribution in [3.63, 3.8) is 0 Å². The quantitative estimate of drug-likeness (QED) is 0.181. The first-order valence-corrected chi connectivity index (χ1v) is 31.9. The Balaban J connectivity index is 0.00000202. The summed E-state index contributed by atoms with van der Waals surface area (Å²) >= 11 is -3.65. The Labute approximate surface area is 269 Å². The minimum absolute atomic E-state index is 0. The van der Waals surface area contributed by atoms with Gasteiger partial charge in [-0.15, -0.1) is 24.8 Å². The van der Waals surface area contributed by atoms with Crippen LogP contribution in [0.15, 0.2) is 102 Å². The molecule has 0 fully saturated rings. The first-order chi connectivity index (χ1) is 18.9. The van der Waals surface area contributed by atoms with Crippen molar-refractivity contribution in [3.8, 4) is 22.3 Å². The summed E-state index contributed by atoms with van der Waals surface area (Å²) in [6, 6.07) is 33.9. The molecule has 0 amide bonds. The van der Waals surface area contributed by atoms with Crippen LogP contribution in [0.3, 0.4) is 0 Å². The molecule has 6 rings (SSSR count). The second kappa shape index (κ2) is 11.6. The molecule has 0 bridgehead atoms. The van der Waals surface area contributed by atoms with Gasteiger partial charge in [-0.2, -0.15) is 0 Å². The van der Waals surface area contributed by atoms with E-state index in [2.05, 4.69) is 153 Å². The maximum Gasteiger partial charge on any atom is -0.147 e. The molecule has 0 heterocycles. The maximum atomic E-state index is 2.79.